The Morgan fingerprint density at radius 1 is 1.00 bits per heavy atom. The van der Waals surface area contributed by atoms with E-state index in [4.69, 9.17) is 11.6 Å². The highest BCUT2D eigenvalue weighted by atomic mass is 35.5. The highest BCUT2D eigenvalue weighted by molar-refractivity contribution is 7.89. The van der Waals surface area contributed by atoms with Crippen molar-refractivity contribution >= 4 is 27.5 Å². The molecule has 4 aliphatic carbocycles. The molecule has 1 saturated heterocycles. The average Bonchev–Trinajstić information content (AvgIpc) is 2.67. The van der Waals surface area contributed by atoms with E-state index in [0.717, 1.165) is 37.0 Å². The fourth-order valence-electron chi connectivity index (χ4n) is 6.72. The van der Waals surface area contributed by atoms with Crippen LogP contribution >= 0.6 is 11.6 Å². The van der Waals surface area contributed by atoms with Gasteiger partial charge in [0.25, 0.3) is 0 Å². The topological polar surface area (TPSA) is 69.7 Å². The molecular weight excluding hydrogens is 422 g/mol. The van der Waals surface area contributed by atoms with Crippen molar-refractivity contribution in [2.45, 2.75) is 49.0 Å². The van der Waals surface area contributed by atoms with E-state index in [-0.39, 0.29) is 21.4 Å². The Kier molecular flexibility index (Phi) is 5.37. The SMILES string of the molecule is O=C(CN1CCN(S(=O)(=O)c2ccccc2Cl)CC1)NC12CC3CC(CC(C3)C1)C2. The molecule has 0 unspecified atom stereocenters. The first-order chi connectivity index (χ1) is 14.3. The summed E-state index contributed by atoms with van der Waals surface area (Å²) in [7, 11) is -3.61. The van der Waals surface area contributed by atoms with Gasteiger partial charge in [0, 0.05) is 31.7 Å². The number of piperazine rings is 1. The van der Waals surface area contributed by atoms with Crippen molar-refractivity contribution in [1.82, 2.24) is 14.5 Å². The number of rotatable bonds is 5. The van der Waals surface area contributed by atoms with Gasteiger partial charge in [0.2, 0.25) is 15.9 Å². The molecular formula is C22H30ClN3O3S. The molecule has 30 heavy (non-hydrogen) atoms. The van der Waals surface area contributed by atoms with Crippen LogP contribution in [0.1, 0.15) is 38.5 Å². The van der Waals surface area contributed by atoms with Gasteiger partial charge in [0.15, 0.2) is 0 Å². The third-order valence-electron chi connectivity index (χ3n) is 7.60. The minimum absolute atomic E-state index is 0.0288. The molecule has 5 aliphatic rings. The molecule has 0 spiro atoms. The van der Waals surface area contributed by atoms with Crippen molar-refractivity contribution in [1.29, 1.82) is 0 Å². The number of carbonyl (C=O) groups excluding carboxylic acids is 1. The van der Waals surface area contributed by atoms with E-state index >= 15 is 0 Å². The summed E-state index contributed by atoms with van der Waals surface area (Å²) in [5.74, 6) is 2.50. The van der Waals surface area contributed by atoms with Crippen LogP contribution in [-0.4, -0.2) is 61.8 Å². The zero-order valence-corrected chi connectivity index (χ0v) is 18.8. The Morgan fingerprint density at radius 3 is 2.13 bits per heavy atom. The Morgan fingerprint density at radius 2 is 1.57 bits per heavy atom. The molecule has 6 nitrogen and oxygen atoms in total. The molecule has 6 rings (SSSR count). The first kappa shape index (κ1) is 20.7. The quantitative estimate of drug-likeness (QED) is 0.747. The van der Waals surface area contributed by atoms with Crippen LogP contribution in [0, 0.1) is 17.8 Å². The van der Waals surface area contributed by atoms with Gasteiger partial charge in [-0.25, -0.2) is 8.42 Å². The minimum Gasteiger partial charge on any atom is -0.350 e. The standard InChI is InChI=1S/C22H30ClN3O3S/c23-19-3-1-2-4-20(19)30(28,29)26-7-5-25(6-8-26)15-21(27)24-22-12-16-9-17(13-22)11-18(10-16)14-22/h1-4,16-18H,5-15H2,(H,24,27). The fourth-order valence-corrected chi connectivity index (χ4v) is 8.64. The maximum atomic E-state index is 12.9. The van der Waals surface area contributed by atoms with E-state index in [1.165, 1.54) is 23.6 Å². The molecule has 4 saturated carbocycles. The summed E-state index contributed by atoms with van der Waals surface area (Å²) in [4.78, 5) is 15.1. The number of amides is 1. The van der Waals surface area contributed by atoms with Gasteiger partial charge in [-0.2, -0.15) is 4.31 Å². The number of carbonyl (C=O) groups is 1. The van der Waals surface area contributed by atoms with Gasteiger partial charge in [-0.05, 0) is 68.4 Å². The van der Waals surface area contributed by atoms with E-state index in [9.17, 15) is 13.2 Å². The molecule has 1 aromatic rings. The first-order valence-corrected chi connectivity index (χ1v) is 12.9. The molecule has 1 aliphatic heterocycles. The summed E-state index contributed by atoms with van der Waals surface area (Å²) in [6.07, 6.45) is 7.52. The van der Waals surface area contributed by atoms with Gasteiger partial charge >= 0.3 is 0 Å². The van der Waals surface area contributed by atoms with Gasteiger partial charge in [-0.15, -0.1) is 0 Å². The molecule has 164 valence electrons. The second-order valence-electron chi connectivity index (χ2n) is 9.86. The second kappa shape index (κ2) is 7.76. The van der Waals surface area contributed by atoms with Crippen molar-refractivity contribution in [2.24, 2.45) is 17.8 Å². The summed E-state index contributed by atoms with van der Waals surface area (Å²) >= 11 is 6.10. The monoisotopic (exact) mass is 451 g/mol. The largest absolute Gasteiger partial charge is 0.350 e. The lowest BCUT2D eigenvalue weighted by Gasteiger charge is -2.57. The number of benzene rings is 1. The maximum absolute atomic E-state index is 12.9. The number of nitrogens with one attached hydrogen (secondary N) is 1. The summed E-state index contributed by atoms with van der Waals surface area (Å²) in [6.45, 7) is 2.20. The average molecular weight is 452 g/mol. The van der Waals surface area contributed by atoms with E-state index in [2.05, 4.69) is 10.2 Å². The Labute approximate surface area is 184 Å². The summed E-state index contributed by atoms with van der Waals surface area (Å²) in [5, 5.41) is 3.66. The molecule has 0 radical (unpaired) electrons. The number of hydrogen-bond acceptors (Lipinski definition) is 4. The van der Waals surface area contributed by atoms with Gasteiger partial charge in [0.1, 0.15) is 4.90 Å². The number of halogens is 1. The molecule has 1 heterocycles. The maximum Gasteiger partial charge on any atom is 0.244 e. The molecule has 1 amide bonds. The van der Waals surface area contributed by atoms with Crippen molar-refractivity contribution < 1.29 is 13.2 Å². The smallest absolute Gasteiger partial charge is 0.244 e. The van der Waals surface area contributed by atoms with Gasteiger partial charge in [-0.3, -0.25) is 9.69 Å². The van der Waals surface area contributed by atoms with Crippen LogP contribution in [0.25, 0.3) is 0 Å². The molecule has 4 bridgehead atoms. The highest BCUT2D eigenvalue weighted by Crippen LogP contribution is 2.55. The van der Waals surface area contributed by atoms with Crippen LogP contribution in [-0.2, 0) is 14.8 Å². The van der Waals surface area contributed by atoms with Crippen LogP contribution in [0.5, 0.6) is 0 Å². The summed E-state index contributed by atoms with van der Waals surface area (Å²) < 4.78 is 27.3. The number of nitrogens with zero attached hydrogens (tertiary/aromatic N) is 2. The predicted molar refractivity (Wildman–Crippen MR) is 116 cm³/mol. The lowest BCUT2D eigenvalue weighted by Crippen LogP contribution is -2.61. The van der Waals surface area contributed by atoms with Crippen LogP contribution < -0.4 is 5.32 Å². The molecule has 0 atom stereocenters. The van der Waals surface area contributed by atoms with Crippen molar-refractivity contribution in [2.75, 3.05) is 32.7 Å². The van der Waals surface area contributed by atoms with Crippen molar-refractivity contribution in [3.05, 3.63) is 29.3 Å². The number of hydrogen-bond donors (Lipinski definition) is 1. The molecule has 5 fully saturated rings. The minimum atomic E-state index is -3.61. The lowest BCUT2D eigenvalue weighted by atomic mass is 9.53. The van der Waals surface area contributed by atoms with Crippen LogP contribution in [0.4, 0.5) is 0 Å². The Bertz CT molecular complexity index is 892. The van der Waals surface area contributed by atoms with Gasteiger partial charge < -0.3 is 5.32 Å². The number of sulfonamides is 1. The molecule has 1 N–H and O–H groups in total. The van der Waals surface area contributed by atoms with Crippen LogP contribution in [0.3, 0.4) is 0 Å². The van der Waals surface area contributed by atoms with Crippen molar-refractivity contribution in [3.63, 3.8) is 0 Å². The van der Waals surface area contributed by atoms with E-state index in [0.29, 0.717) is 32.7 Å². The predicted octanol–water partition coefficient (Wildman–Crippen LogP) is 2.73. The zero-order valence-electron chi connectivity index (χ0n) is 17.2. The van der Waals surface area contributed by atoms with Crippen LogP contribution in [0.15, 0.2) is 29.2 Å². The van der Waals surface area contributed by atoms with Crippen LogP contribution in [0.2, 0.25) is 5.02 Å². The third kappa shape index (κ3) is 3.90. The Balaban J connectivity index is 1.16. The van der Waals surface area contributed by atoms with E-state index in [1.807, 2.05) is 0 Å². The lowest BCUT2D eigenvalue weighted by molar-refractivity contribution is -0.128. The Hall–Kier alpha value is -1.15. The van der Waals surface area contributed by atoms with Gasteiger partial charge in [0.05, 0.1) is 11.6 Å². The van der Waals surface area contributed by atoms with E-state index < -0.39 is 10.0 Å². The molecule has 8 heteroatoms. The van der Waals surface area contributed by atoms with Gasteiger partial charge in [-0.1, -0.05) is 23.7 Å². The molecule has 0 aromatic heterocycles. The third-order valence-corrected chi connectivity index (χ3v) is 9.99. The fraction of sp³-hybridized carbons (Fsp3) is 0.682. The van der Waals surface area contributed by atoms with E-state index in [1.54, 1.807) is 24.3 Å². The second-order valence-corrected chi connectivity index (χ2v) is 12.2. The summed E-state index contributed by atoms with van der Waals surface area (Å²) in [5.41, 5.74) is 0.0288. The first-order valence-electron chi connectivity index (χ1n) is 11.1. The highest BCUT2D eigenvalue weighted by Gasteiger charge is 2.51. The van der Waals surface area contributed by atoms with Crippen molar-refractivity contribution in [3.8, 4) is 0 Å². The zero-order chi connectivity index (χ0) is 20.9. The summed E-state index contributed by atoms with van der Waals surface area (Å²) in [6, 6.07) is 6.55. The normalized spacial score (nSPS) is 34.2. The molecule has 1 aromatic carbocycles.